The van der Waals surface area contributed by atoms with Crippen LogP contribution in [-0.2, 0) is 13.0 Å². The lowest BCUT2D eigenvalue weighted by atomic mass is 10.1. The van der Waals surface area contributed by atoms with Crippen LogP contribution < -0.4 is 5.32 Å². The van der Waals surface area contributed by atoms with Crippen LogP contribution in [0.15, 0.2) is 36.5 Å². The summed E-state index contributed by atoms with van der Waals surface area (Å²) >= 11 is 3.29. The van der Waals surface area contributed by atoms with Crippen LogP contribution in [0.3, 0.4) is 0 Å². The van der Waals surface area contributed by atoms with E-state index in [4.69, 9.17) is 10.2 Å². The van der Waals surface area contributed by atoms with E-state index in [1.807, 2.05) is 23.5 Å². The standard InChI is InChI=1S/C22H25N5S2/c1-15(2)11-16-8-9-17(28-16)14-27-10-4-6-20(27)19-5-3-7-21(25-19)26-22-24-13-18(12-23)29-22/h3,5,7-9,13,15,20H,4,6,10-11,14H2,1-2H3,(H,24,25,26)/t20-/m0/s1. The Morgan fingerprint density at radius 2 is 2.10 bits per heavy atom. The van der Waals surface area contributed by atoms with Gasteiger partial charge >= 0.3 is 0 Å². The molecule has 3 aromatic rings. The van der Waals surface area contributed by atoms with Crippen molar-refractivity contribution in [3.05, 3.63) is 56.9 Å². The first-order chi connectivity index (χ1) is 14.1. The molecule has 4 rings (SSSR count). The number of nitrogens with zero attached hydrogens (tertiary/aromatic N) is 4. The summed E-state index contributed by atoms with van der Waals surface area (Å²) in [6.45, 7) is 6.65. The molecule has 1 aliphatic rings. The largest absolute Gasteiger partial charge is 0.316 e. The number of anilines is 2. The average Bonchev–Trinajstić information content (AvgIpc) is 3.43. The number of nitrogens with one attached hydrogen (secondary N) is 1. The van der Waals surface area contributed by atoms with E-state index in [-0.39, 0.29) is 0 Å². The van der Waals surface area contributed by atoms with Gasteiger partial charge in [0, 0.05) is 16.3 Å². The normalized spacial score (nSPS) is 17.0. The molecule has 0 unspecified atom stereocenters. The first kappa shape index (κ1) is 20.0. The number of hydrogen-bond donors (Lipinski definition) is 1. The Balaban J connectivity index is 1.45. The summed E-state index contributed by atoms with van der Waals surface area (Å²) in [5.41, 5.74) is 1.10. The molecule has 1 saturated heterocycles. The van der Waals surface area contributed by atoms with Gasteiger partial charge in [0.1, 0.15) is 16.8 Å². The van der Waals surface area contributed by atoms with Gasteiger partial charge in [-0.2, -0.15) is 5.26 Å². The lowest BCUT2D eigenvalue weighted by molar-refractivity contribution is 0.247. The van der Waals surface area contributed by atoms with Crippen LogP contribution in [-0.4, -0.2) is 21.4 Å². The van der Waals surface area contributed by atoms with Gasteiger partial charge in [-0.3, -0.25) is 4.90 Å². The van der Waals surface area contributed by atoms with Crippen LogP contribution >= 0.6 is 22.7 Å². The molecule has 0 spiro atoms. The highest BCUT2D eigenvalue weighted by Gasteiger charge is 2.27. The van der Waals surface area contributed by atoms with Crippen molar-refractivity contribution < 1.29 is 0 Å². The molecule has 5 nitrogen and oxygen atoms in total. The zero-order valence-electron chi connectivity index (χ0n) is 16.8. The molecule has 1 atom stereocenters. The van der Waals surface area contributed by atoms with Crippen molar-refractivity contribution in [2.45, 2.75) is 45.7 Å². The highest BCUT2D eigenvalue weighted by molar-refractivity contribution is 7.16. The fourth-order valence-electron chi connectivity index (χ4n) is 3.77. The second-order valence-electron chi connectivity index (χ2n) is 7.81. The van der Waals surface area contributed by atoms with Crippen LogP contribution in [0.1, 0.15) is 53.1 Å². The third-order valence-electron chi connectivity index (χ3n) is 5.01. The van der Waals surface area contributed by atoms with E-state index in [1.165, 1.54) is 27.5 Å². The lowest BCUT2D eigenvalue weighted by Gasteiger charge is -2.23. The van der Waals surface area contributed by atoms with Gasteiger partial charge in [-0.1, -0.05) is 31.3 Å². The maximum Gasteiger partial charge on any atom is 0.189 e. The highest BCUT2D eigenvalue weighted by atomic mass is 32.1. The minimum atomic E-state index is 0.346. The minimum Gasteiger partial charge on any atom is -0.316 e. The Morgan fingerprint density at radius 1 is 1.24 bits per heavy atom. The number of pyridine rings is 1. The number of nitriles is 1. The fourth-order valence-corrected chi connectivity index (χ4v) is 5.65. The zero-order valence-corrected chi connectivity index (χ0v) is 18.4. The van der Waals surface area contributed by atoms with Gasteiger partial charge in [-0.05, 0) is 56.0 Å². The molecular formula is C22H25N5S2. The maximum atomic E-state index is 8.97. The molecule has 4 heterocycles. The van der Waals surface area contributed by atoms with Crippen molar-refractivity contribution >= 4 is 33.6 Å². The molecule has 0 bridgehead atoms. The summed E-state index contributed by atoms with van der Waals surface area (Å²) in [7, 11) is 0. The van der Waals surface area contributed by atoms with Crippen molar-refractivity contribution in [2.24, 2.45) is 5.92 Å². The number of aromatic nitrogens is 2. The molecule has 0 aromatic carbocycles. The van der Waals surface area contributed by atoms with Crippen molar-refractivity contribution in [3.63, 3.8) is 0 Å². The van der Waals surface area contributed by atoms with Gasteiger partial charge in [0.25, 0.3) is 0 Å². The van der Waals surface area contributed by atoms with E-state index >= 15 is 0 Å². The molecule has 0 saturated carbocycles. The van der Waals surface area contributed by atoms with Crippen LogP contribution in [0.4, 0.5) is 10.9 Å². The van der Waals surface area contributed by atoms with E-state index in [1.54, 1.807) is 6.20 Å². The second-order valence-corrected chi connectivity index (χ2v) is 10.1. The summed E-state index contributed by atoms with van der Waals surface area (Å²) in [5, 5.41) is 12.9. The molecule has 3 aromatic heterocycles. The third-order valence-corrected chi connectivity index (χ3v) is 6.92. The summed E-state index contributed by atoms with van der Waals surface area (Å²) < 4.78 is 0. The van der Waals surface area contributed by atoms with Crippen molar-refractivity contribution in [2.75, 3.05) is 11.9 Å². The first-order valence-corrected chi connectivity index (χ1v) is 11.7. The first-order valence-electron chi connectivity index (χ1n) is 10.0. The Labute approximate surface area is 180 Å². The van der Waals surface area contributed by atoms with Crippen molar-refractivity contribution in [1.82, 2.24) is 14.9 Å². The quantitative estimate of drug-likeness (QED) is 0.524. The summed E-state index contributed by atoms with van der Waals surface area (Å²) in [4.78, 5) is 15.2. The number of thiophene rings is 1. The SMILES string of the molecule is CC(C)Cc1ccc(CN2CCC[C@H]2c2cccc(Nc3ncc(C#N)s3)n2)s1. The molecule has 29 heavy (non-hydrogen) atoms. The van der Waals surface area contributed by atoms with Gasteiger partial charge in [0.15, 0.2) is 5.13 Å². The van der Waals surface area contributed by atoms with Crippen LogP contribution in [0.25, 0.3) is 0 Å². The summed E-state index contributed by atoms with van der Waals surface area (Å²) in [5.74, 6) is 1.48. The van der Waals surface area contributed by atoms with Crippen LogP contribution in [0, 0.1) is 17.2 Å². The van der Waals surface area contributed by atoms with Crippen molar-refractivity contribution in [3.8, 4) is 6.07 Å². The summed E-state index contributed by atoms with van der Waals surface area (Å²) in [6.07, 6.45) is 5.08. The van der Waals surface area contributed by atoms with E-state index in [9.17, 15) is 0 Å². The van der Waals surface area contributed by atoms with Gasteiger partial charge in [0.05, 0.1) is 17.9 Å². The molecule has 1 aliphatic heterocycles. The molecular weight excluding hydrogens is 398 g/mol. The van der Waals surface area contributed by atoms with E-state index in [0.29, 0.717) is 22.0 Å². The maximum absolute atomic E-state index is 8.97. The number of thiazole rings is 1. The van der Waals surface area contributed by atoms with Gasteiger partial charge in [0.2, 0.25) is 0 Å². The zero-order chi connectivity index (χ0) is 20.2. The van der Waals surface area contributed by atoms with Crippen LogP contribution in [0.2, 0.25) is 0 Å². The van der Waals surface area contributed by atoms with E-state index in [0.717, 1.165) is 37.4 Å². The molecule has 7 heteroatoms. The van der Waals surface area contributed by atoms with E-state index in [2.05, 4.69) is 53.3 Å². The predicted molar refractivity (Wildman–Crippen MR) is 120 cm³/mol. The Hall–Kier alpha value is -2.27. The number of likely N-dealkylation sites (tertiary alicyclic amines) is 1. The second kappa shape index (κ2) is 9.04. The molecule has 0 aliphatic carbocycles. The Bertz CT molecular complexity index is 1000. The number of hydrogen-bond acceptors (Lipinski definition) is 7. The molecule has 150 valence electrons. The van der Waals surface area contributed by atoms with Crippen LogP contribution in [0.5, 0.6) is 0 Å². The molecule has 0 radical (unpaired) electrons. The number of rotatable bonds is 7. The summed E-state index contributed by atoms with van der Waals surface area (Å²) in [6, 6.07) is 13.2. The average molecular weight is 424 g/mol. The highest BCUT2D eigenvalue weighted by Crippen LogP contribution is 2.34. The monoisotopic (exact) mass is 423 g/mol. The molecule has 1 fully saturated rings. The van der Waals surface area contributed by atoms with Crippen molar-refractivity contribution in [1.29, 1.82) is 5.26 Å². The van der Waals surface area contributed by atoms with Gasteiger partial charge in [-0.15, -0.1) is 11.3 Å². The third kappa shape index (κ3) is 5.02. The Kier molecular flexibility index (Phi) is 6.24. The fraction of sp³-hybridized carbons (Fsp3) is 0.409. The molecule has 0 amide bonds. The van der Waals surface area contributed by atoms with Gasteiger partial charge in [-0.25, -0.2) is 9.97 Å². The van der Waals surface area contributed by atoms with Gasteiger partial charge < -0.3 is 5.32 Å². The minimum absolute atomic E-state index is 0.346. The predicted octanol–water partition coefficient (Wildman–Crippen LogP) is 5.75. The molecule has 1 N–H and O–H groups in total. The smallest absolute Gasteiger partial charge is 0.189 e. The topological polar surface area (TPSA) is 64.8 Å². The lowest BCUT2D eigenvalue weighted by Crippen LogP contribution is -2.23. The Morgan fingerprint density at radius 3 is 2.90 bits per heavy atom. The van der Waals surface area contributed by atoms with E-state index < -0.39 is 0 Å².